The van der Waals surface area contributed by atoms with Gasteiger partial charge in [-0.15, -0.1) is 0 Å². The van der Waals surface area contributed by atoms with Gasteiger partial charge in [-0.1, -0.05) is 24.3 Å². The molecule has 2 N–H and O–H groups in total. The van der Waals surface area contributed by atoms with E-state index in [1.165, 1.54) is 11.0 Å². The summed E-state index contributed by atoms with van der Waals surface area (Å²) >= 11 is 0. The number of likely N-dealkylation sites (N-methyl/N-ethyl adjacent to an activating group) is 1. The Hall–Kier alpha value is -3.18. The van der Waals surface area contributed by atoms with Crippen LogP contribution in [-0.4, -0.2) is 68.6 Å². The minimum absolute atomic E-state index is 0.126. The zero-order valence-electron chi connectivity index (χ0n) is 23.0. The molecular weight excluding hydrogens is 527 g/mol. The fraction of sp³-hybridized carbons (Fsp3) is 0.500. The molecular formula is C28H37FN2O7S. The third-order valence-corrected chi connectivity index (χ3v) is 7.34. The smallest absolute Gasteiger partial charge is 0.410 e. The number of carbonyl (C=O) groups is 2. The van der Waals surface area contributed by atoms with Gasteiger partial charge in [0, 0.05) is 24.2 Å². The Kier molecular flexibility index (Phi) is 9.27. The number of ether oxygens (including phenoxy) is 2. The average Bonchev–Trinajstić information content (AvgIpc) is 3.21. The lowest BCUT2D eigenvalue weighted by Gasteiger charge is -2.25. The molecule has 39 heavy (non-hydrogen) atoms. The number of hydrogen-bond acceptors (Lipinski definition) is 6. The summed E-state index contributed by atoms with van der Waals surface area (Å²) < 4.78 is 52.1. The van der Waals surface area contributed by atoms with Crippen molar-refractivity contribution in [3.8, 4) is 16.9 Å². The minimum Gasteiger partial charge on any atom is -0.491 e. The van der Waals surface area contributed by atoms with Crippen LogP contribution in [0.3, 0.4) is 0 Å². The molecule has 0 aromatic heterocycles. The van der Waals surface area contributed by atoms with Crippen molar-refractivity contribution in [2.45, 2.75) is 58.1 Å². The summed E-state index contributed by atoms with van der Waals surface area (Å²) in [5.74, 6) is -1.09. The highest BCUT2D eigenvalue weighted by Crippen LogP contribution is 2.42. The molecule has 0 radical (unpaired) electrons. The van der Waals surface area contributed by atoms with Crippen LogP contribution < -0.4 is 9.46 Å². The lowest BCUT2D eigenvalue weighted by molar-refractivity contribution is -0.148. The quantitative estimate of drug-likeness (QED) is 0.437. The highest BCUT2D eigenvalue weighted by atomic mass is 32.2. The van der Waals surface area contributed by atoms with Gasteiger partial charge in [-0.3, -0.25) is 4.79 Å². The molecule has 1 aliphatic rings. The predicted octanol–water partition coefficient (Wildman–Crippen LogP) is 4.45. The molecule has 9 nitrogen and oxygen atoms in total. The predicted molar refractivity (Wildman–Crippen MR) is 146 cm³/mol. The van der Waals surface area contributed by atoms with E-state index in [-0.39, 0.29) is 31.6 Å². The zero-order chi connectivity index (χ0) is 29.0. The number of carbonyl (C=O) groups excluding carboxylic acids is 1. The molecule has 0 bridgehead atoms. The van der Waals surface area contributed by atoms with E-state index in [0.717, 1.165) is 6.26 Å². The first-order valence-corrected chi connectivity index (χ1v) is 14.6. The molecule has 214 valence electrons. The SMILES string of the molecule is CN(CCOc1ccccc1-c1cc(C[C@]2(C(=O)O)CC[C@H](NS(C)(=O)=O)C2)ccc1F)C(=O)OC(C)(C)C. The molecule has 0 aliphatic heterocycles. The maximum absolute atomic E-state index is 15.0. The summed E-state index contributed by atoms with van der Waals surface area (Å²) in [5.41, 5.74) is -0.422. The summed E-state index contributed by atoms with van der Waals surface area (Å²) in [6.45, 7) is 5.73. The van der Waals surface area contributed by atoms with Crippen molar-refractivity contribution in [2.24, 2.45) is 5.41 Å². The van der Waals surface area contributed by atoms with Gasteiger partial charge < -0.3 is 19.5 Å². The Morgan fingerprint density at radius 2 is 1.87 bits per heavy atom. The molecule has 2 aromatic carbocycles. The van der Waals surface area contributed by atoms with Crippen molar-refractivity contribution in [1.29, 1.82) is 0 Å². The third kappa shape index (κ3) is 8.40. The third-order valence-electron chi connectivity index (χ3n) is 6.58. The fourth-order valence-corrected chi connectivity index (χ4v) is 5.58. The summed E-state index contributed by atoms with van der Waals surface area (Å²) in [6, 6.07) is 10.9. The van der Waals surface area contributed by atoms with Crippen LogP contribution in [-0.2, 0) is 26.0 Å². The van der Waals surface area contributed by atoms with E-state index in [0.29, 0.717) is 29.7 Å². The van der Waals surface area contributed by atoms with E-state index in [9.17, 15) is 23.1 Å². The van der Waals surface area contributed by atoms with Gasteiger partial charge in [0.15, 0.2) is 0 Å². The molecule has 0 spiro atoms. The van der Waals surface area contributed by atoms with E-state index >= 15 is 4.39 Å². The van der Waals surface area contributed by atoms with E-state index in [1.54, 1.807) is 64.2 Å². The van der Waals surface area contributed by atoms with Crippen LogP contribution >= 0.6 is 0 Å². The maximum atomic E-state index is 15.0. The number of aliphatic carboxylic acids is 1. The largest absolute Gasteiger partial charge is 0.491 e. The van der Waals surface area contributed by atoms with E-state index in [2.05, 4.69) is 4.72 Å². The van der Waals surface area contributed by atoms with Crippen LogP contribution in [0.25, 0.3) is 11.1 Å². The van der Waals surface area contributed by atoms with Gasteiger partial charge in [0.1, 0.15) is 23.8 Å². The molecule has 0 saturated heterocycles. The number of halogens is 1. The number of nitrogens with zero attached hydrogens (tertiary/aromatic N) is 1. The number of carboxylic acid groups (broad SMARTS) is 1. The average molecular weight is 565 g/mol. The van der Waals surface area contributed by atoms with Crippen LogP contribution in [0, 0.1) is 11.2 Å². The molecule has 1 fully saturated rings. The van der Waals surface area contributed by atoms with Crippen molar-refractivity contribution in [2.75, 3.05) is 26.5 Å². The summed E-state index contributed by atoms with van der Waals surface area (Å²) in [7, 11) is -1.87. The lowest BCUT2D eigenvalue weighted by Crippen LogP contribution is -2.36. The first-order chi connectivity index (χ1) is 18.1. The molecule has 1 saturated carbocycles. The number of rotatable bonds is 10. The number of carboxylic acids is 1. The second-order valence-corrected chi connectivity index (χ2v) is 12.9. The van der Waals surface area contributed by atoms with Gasteiger partial charge in [0.05, 0.1) is 18.2 Å². The number of sulfonamides is 1. The molecule has 3 rings (SSSR count). The monoisotopic (exact) mass is 564 g/mol. The summed E-state index contributed by atoms with van der Waals surface area (Å²) in [4.78, 5) is 25.9. The second-order valence-electron chi connectivity index (χ2n) is 11.2. The fourth-order valence-electron chi connectivity index (χ4n) is 4.78. The first kappa shape index (κ1) is 30.4. The van der Waals surface area contributed by atoms with Gasteiger partial charge >= 0.3 is 12.1 Å². The zero-order valence-corrected chi connectivity index (χ0v) is 23.8. The van der Waals surface area contributed by atoms with Crippen molar-refractivity contribution >= 4 is 22.1 Å². The number of nitrogens with one attached hydrogen (secondary N) is 1. The van der Waals surface area contributed by atoms with Crippen molar-refractivity contribution < 1.29 is 37.0 Å². The minimum atomic E-state index is -3.47. The Morgan fingerprint density at radius 1 is 1.18 bits per heavy atom. The Morgan fingerprint density at radius 3 is 2.51 bits per heavy atom. The maximum Gasteiger partial charge on any atom is 0.410 e. The first-order valence-electron chi connectivity index (χ1n) is 12.7. The van der Waals surface area contributed by atoms with Crippen LogP contribution in [0.5, 0.6) is 5.75 Å². The van der Waals surface area contributed by atoms with Crippen molar-refractivity contribution in [1.82, 2.24) is 9.62 Å². The molecule has 0 heterocycles. The van der Waals surface area contributed by atoms with Crippen molar-refractivity contribution in [3.63, 3.8) is 0 Å². The molecule has 1 amide bonds. The Bertz CT molecular complexity index is 1310. The van der Waals surface area contributed by atoms with Crippen LogP contribution in [0.15, 0.2) is 42.5 Å². The molecule has 2 aromatic rings. The number of benzene rings is 2. The van der Waals surface area contributed by atoms with E-state index < -0.39 is 45.0 Å². The standard InChI is InChI=1S/C28H37FN2O7S/c1-27(2,3)38-26(34)31(4)14-15-37-24-9-7-6-8-21(24)22-16-19(10-11-23(22)29)17-28(25(32)33)13-12-20(18-28)30-39(5,35)36/h6-11,16,20,30H,12-15,17-18H2,1-5H3,(H,32,33)/t20-,28+/m0/s1. The summed E-state index contributed by atoms with van der Waals surface area (Å²) in [5, 5.41) is 10.1. The van der Waals surface area contributed by atoms with Crippen LogP contribution in [0.1, 0.15) is 45.6 Å². The normalized spacial score (nSPS) is 19.5. The molecule has 1 aliphatic carbocycles. The second kappa shape index (κ2) is 11.9. The lowest BCUT2D eigenvalue weighted by atomic mass is 9.79. The van der Waals surface area contributed by atoms with Crippen molar-refractivity contribution in [3.05, 3.63) is 53.8 Å². The van der Waals surface area contributed by atoms with E-state index in [1.807, 2.05) is 0 Å². The topological polar surface area (TPSA) is 122 Å². The number of para-hydroxylation sites is 1. The Labute approximate surface area is 229 Å². The number of amides is 1. The molecule has 2 atom stereocenters. The van der Waals surface area contributed by atoms with Crippen LogP contribution in [0.4, 0.5) is 9.18 Å². The Balaban J connectivity index is 1.78. The van der Waals surface area contributed by atoms with E-state index in [4.69, 9.17) is 9.47 Å². The molecule has 11 heteroatoms. The van der Waals surface area contributed by atoms with Gasteiger partial charge in [0.25, 0.3) is 0 Å². The van der Waals surface area contributed by atoms with Gasteiger partial charge in [-0.2, -0.15) is 0 Å². The van der Waals surface area contributed by atoms with Gasteiger partial charge in [-0.05, 0) is 70.2 Å². The highest BCUT2D eigenvalue weighted by molar-refractivity contribution is 7.88. The number of hydrogen-bond donors (Lipinski definition) is 2. The molecule has 0 unspecified atom stereocenters. The van der Waals surface area contributed by atoms with Gasteiger partial charge in [0.2, 0.25) is 10.0 Å². The highest BCUT2D eigenvalue weighted by Gasteiger charge is 2.46. The summed E-state index contributed by atoms with van der Waals surface area (Å²) in [6.07, 6.45) is 1.55. The van der Waals surface area contributed by atoms with Crippen LogP contribution in [0.2, 0.25) is 0 Å². The van der Waals surface area contributed by atoms with Gasteiger partial charge in [-0.25, -0.2) is 22.3 Å².